The van der Waals surface area contributed by atoms with Gasteiger partial charge in [0.25, 0.3) is 0 Å². The second-order valence-electron chi connectivity index (χ2n) is 6.68. The molecule has 1 atom stereocenters. The van der Waals surface area contributed by atoms with E-state index in [0.29, 0.717) is 21.3 Å². The molecule has 1 aliphatic rings. The highest BCUT2D eigenvalue weighted by Crippen LogP contribution is 2.44. The Balaban J connectivity index is 2.10. The number of ether oxygens (including phenoxy) is 3. The van der Waals surface area contributed by atoms with Crippen molar-refractivity contribution in [1.82, 2.24) is 0 Å². The number of hydrogen-bond donors (Lipinski definition) is 1. The van der Waals surface area contributed by atoms with Gasteiger partial charge in [0.15, 0.2) is 0 Å². The van der Waals surface area contributed by atoms with Crippen LogP contribution in [0.3, 0.4) is 0 Å². The van der Waals surface area contributed by atoms with Gasteiger partial charge in [-0.2, -0.15) is 5.26 Å². The maximum absolute atomic E-state index is 14.0. The first-order valence-electron chi connectivity index (χ1n) is 9.48. The zero-order valence-corrected chi connectivity index (χ0v) is 18.5. The van der Waals surface area contributed by atoms with E-state index in [4.69, 9.17) is 19.9 Å². The third-order valence-corrected chi connectivity index (χ3v) is 5.22. The number of nitriles is 1. The van der Waals surface area contributed by atoms with Crippen molar-refractivity contribution >= 4 is 21.9 Å². The molecule has 2 aromatic carbocycles. The highest BCUT2D eigenvalue weighted by atomic mass is 79.9. The van der Waals surface area contributed by atoms with Gasteiger partial charge < -0.3 is 19.9 Å². The molecule has 0 spiro atoms. The lowest BCUT2D eigenvalue weighted by molar-refractivity contribution is -0.139. The van der Waals surface area contributed by atoms with Gasteiger partial charge in [0.2, 0.25) is 5.88 Å². The van der Waals surface area contributed by atoms with Gasteiger partial charge in [-0.05, 0) is 38.1 Å². The van der Waals surface area contributed by atoms with Crippen LogP contribution in [-0.2, 0) is 20.9 Å². The molecule has 2 aromatic rings. The monoisotopic (exact) mass is 486 g/mol. The van der Waals surface area contributed by atoms with Gasteiger partial charge in [0.1, 0.15) is 35.6 Å². The van der Waals surface area contributed by atoms with Crippen LogP contribution in [0, 0.1) is 17.1 Å². The molecule has 0 radical (unpaired) electrons. The molecule has 8 heteroatoms. The smallest absolute Gasteiger partial charge is 0.338 e. The molecule has 0 aliphatic carbocycles. The third kappa shape index (κ3) is 4.72. The number of hydrogen-bond acceptors (Lipinski definition) is 6. The first kappa shape index (κ1) is 22.4. The Hall–Kier alpha value is -3.31. The molecule has 0 fully saturated rings. The van der Waals surface area contributed by atoms with Crippen LogP contribution < -0.4 is 10.5 Å². The van der Waals surface area contributed by atoms with Gasteiger partial charge in [-0.25, -0.2) is 9.18 Å². The van der Waals surface area contributed by atoms with E-state index in [1.54, 1.807) is 50.2 Å². The summed E-state index contributed by atoms with van der Waals surface area (Å²) in [5.41, 5.74) is 7.04. The second-order valence-corrected chi connectivity index (χ2v) is 7.59. The average Bonchev–Trinajstić information content (AvgIpc) is 2.73. The van der Waals surface area contributed by atoms with Gasteiger partial charge >= 0.3 is 5.97 Å². The Morgan fingerprint density at radius 3 is 2.74 bits per heavy atom. The van der Waals surface area contributed by atoms with Crippen LogP contribution in [-0.4, -0.2) is 12.6 Å². The van der Waals surface area contributed by atoms with E-state index in [1.807, 2.05) is 6.07 Å². The Kier molecular flexibility index (Phi) is 6.98. The van der Waals surface area contributed by atoms with Crippen molar-refractivity contribution in [3.8, 4) is 11.8 Å². The first-order valence-corrected chi connectivity index (χ1v) is 10.3. The van der Waals surface area contributed by atoms with Crippen molar-refractivity contribution in [1.29, 1.82) is 5.26 Å². The number of esters is 1. The Morgan fingerprint density at radius 2 is 2.06 bits per heavy atom. The van der Waals surface area contributed by atoms with E-state index in [0.717, 1.165) is 0 Å². The van der Waals surface area contributed by atoms with Crippen LogP contribution in [0.2, 0.25) is 0 Å². The molecule has 2 N–H and O–H groups in total. The Bertz CT molecular complexity index is 1120. The number of nitrogens with two attached hydrogens (primary N) is 1. The molecule has 0 saturated heterocycles. The van der Waals surface area contributed by atoms with E-state index in [2.05, 4.69) is 15.9 Å². The lowest BCUT2D eigenvalue weighted by Gasteiger charge is -2.28. The summed E-state index contributed by atoms with van der Waals surface area (Å²) in [6.07, 6.45) is 0. The summed E-state index contributed by atoms with van der Waals surface area (Å²) in [5.74, 6) is -1.38. The molecule has 0 bridgehead atoms. The molecule has 1 aliphatic heterocycles. The summed E-state index contributed by atoms with van der Waals surface area (Å²) >= 11 is 3.42. The zero-order valence-electron chi connectivity index (χ0n) is 16.9. The summed E-state index contributed by atoms with van der Waals surface area (Å²) in [5, 5.41) is 9.77. The molecule has 160 valence electrons. The number of nitrogens with zero attached hydrogens (tertiary/aromatic N) is 1. The summed E-state index contributed by atoms with van der Waals surface area (Å²) in [7, 11) is 0. The predicted octanol–water partition coefficient (Wildman–Crippen LogP) is 4.81. The summed E-state index contributed by atoms with van der Waals surface area (Å²) in [6, 6.07) is 13.5. The normalized spacial score (nSPS) is 15.9. The molecule has 31 heavy (non-hydrogen) atoms. The van der Waals surface area contributed by atoms with E-state index >= 15 is 0 Å². The summed E-state index contributed by atoms with van der Waals surface area (Å²) in [4.78, 5) is 12.7. The molecule has 0 saturated carbocycles. The fourth-order valence-corrected chi connectivity index (χ4v) is 3.69. The number of rotatable bonds is 6. The lowest BCUT2D eigenvalue weighted by atomic mass is 9.82. The fourth-order valence-electron chi connectivity index (χ4n) is 3.31. The highest BCUT2D eigenvalue weighted by Gasteiger charge is 2.38. The Morgan fingerprint density at radius 1 is 1.32 bits per heavy atom. The van der Waals surface area contributed by atoms with Crippen molar-refractivity contribution in [2.75, 3.05) is 6.61 Å². The SMILES string of the molecule is CCOC(=O)C1=C(C)OC(N)=C(C#N)C1c1cc(Br)ccc1OCc1ccccc1F. The van der Waals surface area contributed by atoms with Gasteiger partial charge in [-0.1, -0.05) is 34.1 Å². The molecule has 1 heterocycles. The molecule has 0 amide bonds. The minimum Gasteiger partial charge on any atom is -0.488 e. The maximum atomic E-state index is 14.0. The number of carbonyl (C=O) groups excluding carboxylic acids is 1. The standard InChI is InChI=1S/C23H20BrFN2O4/c1-3-29-23(28)20-13(2)31-22(27)17(11-26)21(20)16-10-15(24)8-9-19(16)30-12-14-6-4-5-7-18(14)25/h4-10,21H,3,12,27H2,1-2H3. The number of benzene rings is 2. The zero-order chi connectivity index (χ0) is 22.5. The van der Waals surface area contributed by atoms with Crippen molar-refractivity contribution < 1.29 is 23.4 Å². The largest absolute Gasteiger partial charge is 0.488 e. The molecule has 1 unspecified atom stereocenters. The second kappa shape index (κ2) is 9.67. The van der Waals surface area contributed by atoms with Crippen LogP contribution in [0.1, 0.15) is 30.9 Å². The predicted molar refractivity (Wildman–Crippen MR) is 115 cm³/mol. The Labute approximate surface area is 187 Å². The number of halogens is 2. The van der Waals surface area contributed by atoms with Crippen LogP contribution in [0.25, 0.3) is 0 Å². The van der Waals surface area contributed by atoms with Crippen LogP contribution in [0.15, 0.2) is 69.7 Å². The average molecular weight is 487 g/mol. The summed E-state index contributed by atoms with van der Waals surface area (Å²) in [6.45, 7) is 3.38. The minimum absolute atomic E-state index is 0.0386. The van der Waals surface area contributed by atoms with Crippen LogP contribution in [0.5, 0.6) is 5.75 Å². The van der Waals surface area contributed by atoms with Gasteiger partial charge in [0, 0.05) is 15.6 Å². The number of carbonyl (C=O) groups is 1. The van der Waals surface area contributed by atoms with Crippen molar-refractivity contribution in [3.05, 3.63) is 86.7 Å². The topological polar surface area (TPSA) is 94.6 Å². The molecular formula is C23H20BrFN2O4. The van der Waals surface area contributed by atoms with Crippen molar-refractivity contribution in [2.24, 2.45) is 5.73 Å². The quantitative estimate of drug-likeness (QED) is 0.588. The molecule has 3 rings (SSSR count). The van der Waals surface area contributed by atoms with Crippen molar-refractivity contribution in [2.45, 2.75) is 26.4 Å². The molecule has 0 aromatic heterocycles. The maximum Gasteiger partial charge on any atom is 0.338 e. The summed E-state index contributed by atoms with van der Waals surface area (Å²) < 4.78 is 31.3. The van der Waals surface area contributed by atoms with E-state index in [1.165, 1.54) is 6.07 Å². The van der Waals surface area contributed by atoms with Gasteiger partial charge in [0.05, 0.1) is 18.1 Å². The van der Waals surface area contributed by atoms with E-state index < -0.39 is 17.7 Å². The van der Waals surface area contributed by atoms with Gasteiger partial charge in [-0.15, -0.1) is 0 Å². The molecule has 6 nitrogen and oxygen atoms in total. The fraction of sp³-hybridized carbons (Fsp3) is 0.217. The molecular weight excluding hydrogens is 467 g/mol. The minimum atomic E-state index is -0.870. The highest BCUT2D eigenvalue weighted by molar-refractivity contribution is 9.10. The van der Waals surface area contributed by atoms with Crippen LogP contribution in [0.4, 0.5) is 4.39 Å². The van der Waals surface area contributed by atoms with Crippen LogP contribution >= 0.6 is 15.9 Å². The van der Waals surface area contributed by atoms with E-state index in [-0.39, 0.29) is 36.0 Å². The lowest BCUT2D eigenvalue weighted by Crippen LogP contribution is -2.26. The number of allylic oxidation sites excluding steroid dienone is 2. The van der Waals surface area contributed by atoms with Gasteiger partial charge in [-0.3, -0.25) is 0 Å². The third-order valence-electron chi connectivity index (χ3n) is 4.72. The first-order chi connectivity index (χ1) is 14.9. The van der Waals surface area contributed by atoms with E-state index in [9.17, 15) is 14.4 Å². The van der Waals surface area contributed by atoms with Crippen molar-refractivity contribution in [3.63, 3.8) is 0 Å².